The van der Waals surface area contributed by atoms with E-state index in [2.05, 4.69) is 15.2 Å². The number of rotatable bonds is 3. The molecule has 0 bridgehead atoms. The predicted molar refractivity (Wildman–Crippen MR) is 107 cm³/mol. The van der Waals surface area contributed by atoms with Crippen LogP contribution in [0, 0.1) is 5.82 Å². The molecule has 0 spiro atoms. The summed E-state index contributed by atoms with van der Waals surface area (Å²) in [5, 5.41) is 3.36. The SMILES string of the molecule is Fc1ccccc1-c1nc2ccc(N3CCNCC3)nc2n1-c1ccncc1. The monoisotopic (exact) mass is 374 g/mol. The second kappa shape index (κ2) is 7.01. The third-order valence-corrected chi connectivity index (χ3v) is 4.97. The van der Waals surface area contributed by atoms with E-state index >= 15 is 0 Å². The van der Waals surface area contributed by atoms with Crippen LogP contribution in [0.1, 0.15) is 0 Å². The van der Waals surface area contributed by atoms with Gasteiger partial charge in [0.25, 0.3) is 0 Å². The Morgan fingerprint density at radius 3 is 2.46 bits per heavy atom. The summed E-state index contributed by atoms with van der Waals surface area (Å²) in [4.78, 5) is 16.0. The van der Waals surface area contributed by atoms with Crippen molar-refractivity contribution >= 4 is 17.0 Å². The molecular formula is C21H19FN6. The maximum atomic E-state index is 14.6. The molecular weight excluding hydrogens is 355 g/mol. The summed E-state index contributed by atoms with van der Waals surface area (Å²) in [7, 11) is 0. The van der Waals surface area contributed by atoms with Gasteiger partial charge in [0.05, 0.1) is 11.3 Å². The minimum atomic E-state index is -0.310. The van der Waals surface area contributed by atoms with Gasteiger partial charge in [0.1, 0.15) is 23.0 Å². The first kappa shape index (κ1) is 16.8. The number of anilines is 1. The van der Waals surface area contributed by atoms with Crippen molar-refractivity contribution in [1.29, 1.82) is 0 Å². The van der Waals surface area contributed by atoms with E-state index in [4.69, 9.17) is 9.97 Å². The molecule has 1 aliphatic heterocycles. The Bertz CT molecular complexity index is 1120. The van der Waals surface area contributed by atoms with E-state index in [-0.39, 0.29) is 5.82 Å². The molecule has 28 heavy (non-hydrogen) atoms. The van der Waals surface area contributed by atoms with Gasteiger partial charge < -0.3 is 10.2 Å². The van der Waals surface area contributed by atoms with Crippen LogP contribution in [0.25, 0.3) is 28.2 Å². The summed E-state index contributed by atoms with van der Waals surface area (Å²) in [6.07, 6.45) is 3.43. The number of piperazine rings is 1. The molecule has 0 amide bonds. The molecule has 0 saturated carbocycles. The third-order valence-electron chi connectivity index (χ3n) is 4.97. The maximum absolute atomic E-state index is 14.6. The van der Waals surface area contributed by atoms with Crippen molar-refractivity contribution in [2.75, 3.05) is 31.1 Å². The van der Waals surface area contributed by atoms with Crippen molar-refractivity contribution < 1.29 is 4.39 Å². The number of fused-ring (bicyclic) bond motifs is 1. The minimum absolute atomic E-state index is 0.310. The molecule has 1 N–H and O–H groups in total. The molecule has 0 atom stereocenters. The van der Waals surface area contributed by atoms with Gasteiger partial charge in [0.15, 0.2) is 5.65 Å². The Morgan fingerprint density at radius 2 is 1.68 bits per heavy atom. The number of hydrogen-bond donors (Lipinski definition) is 1. The summed E-state index contributed by atoms with van der Waals surface area (Å²) < 4.78 is 16.5. The molecule has 1 aliphatic rings. The van der Waals surface area contributed by atoms with Gasteiger partial charge >= 0.3 is 0 Å². The summed E-state index contributed by atoms with van der Waals surface area (Å²) >= 11 is 0. The van der Waals surface area contributed by atoms with E-state index in [0.29, 0.717) is 17.0 Å². The second-order valence-electron chi connectivity index (χ2n) is 6.71. The molecule has 1 fully saturated rings. The first-order chi connectivity index (χ1) is 13.8. The molecule has 7 heteroatoms. The number of nitrogens with one attached hydrogen (secondary N) is 1. The zero-order valence-electron chi connectivity index (χ0n) is 15.2. The standard InChI is InChI=1S/C21H19FN6/c22-17-4-2-1-3-16(17)20-25-18-5-6-19(27-13-11-24-12-14-27)26-21(18)28(20)15-7-9-23-10-8-15/h1-10,24H,11-14H2. The molecule has 4 aromatic rings. The average Bonchev–Trinajstić information content (AvgIpc) is 3.14. The number of pyridine rings is 2. The highest BCUT2D eigenvalue weighted by Crippen LogP contribution is 2.30. The van der Waals surface area contributed by atoms with Crippen molar-refractivity contribution in [3.05, 3.63) is 66.7 Å². The molecule has 4 heterocycles. The van der Waals surface area contributed by atoms with Crippen LogP contribution in [0.4, 0.5) is 10.2 Å². The van der Waals surface area contributed by atoms with Crippen LogP contribution in [0.3, 0.4) is 0 Å². The average molecular weight is 374 g/mol. The molecule has 140 valence electrons. The first-order valence-electron chi connectivity index (χ1n) is 9.32. The van der Waals surface area contributed by atoms with E-state index in [9.17, 15) is 4.39 Å². The van der Waals surface area contributed by atoms with Crippen molar-refractivity contribution in [3.63, 3.8) is 0 Å². The molecule has 6 nitrogen and oxygen atoms in total. The van der Waals surface area contributed by atoms with Gasteiger partial charge in [0.2, 0.25) is 0 Å². The van der Waals surface area contributed by atoms with E-state index < -0.39 is 0 Å². The van der Waals surface area contributed by atoms with Crippen molar-refractivity contribution in [1.82, 2.24) is 24.8 Å². The number of imidazole rings is 1. The van der Waals surface area contributed by atoms with Crippen LogP contribution in [0.5, 0.6) is 0 Å². The lowest BCUT2D eigenvalue weighted by Gasteiger charge is -2.28. The molecule has 1 aromatic carbocycles. The largest absolute Gasteiger partial charge is 0.354 e. The smallest absolute Gasteiger partial charge is 0.167 e. The van der Waals surface area contributed by atoms with Gasteiger partial charge in [-0.2, -0.15) is 0 Å². The fourth-order valence-corrected chi connectivity index (χ4v) is 3.58. The lowest BCUT2D eigenvalue weighted by atomic mass is 10.2. The number of halogens is 1. The van der Waals surface area contributed by atoms with E-state index in [0.717, 1.165) is 43.2 Å². The van der Waals surface area contributed by atoms with Crippen LogP contribution in [-0.2, 0) is 0 Å². The summed E-state index contributed by atoms with van der Waals surface area (Å²) in [6, 6.07) is 14.4. The Kier molecular flexibility index (Phi) is 4.21. The Labute approximate surface area is 161 Å². The molecule has 1 saturated heterocycles. The van der Waals surface area contributed by atoms with Crippen molar-refractivity contribution in [3.8, 4) is 17.1 Å². The van der Waals surface area contributed by atoms with Gasteiger partial charge in [-0.05, 0) is 36.4 Å². The van der Waals surface area contributed by atoms with E-state index in [1.165, 1.54) is 6.07 Å². The molecule has 0 aliphatic carbocycles. The highest BCUT2D eigenvalue weighted by atomic mass is 19.1. The van der Waals surface area contributed by atoms with Crippen molar-refractivity contribution in [2.45, 2.75) is 0 Å². The van der Waals surface area contributed by atoms with Gasteiger partial charge in [-0.3, -0.25) is 9.55 Å². The number of benzene rings is 1. The fourth-order valence-electron chi connectivity index (χ4n) is 3.58. The zero-order chi connectivity index (χ0) is 18.9. The first-order valence-corrected chi connectivity index (χ1v) is 9.32. The van der Waals surface area contributed by atoms with Gasteiger partial charge in [-0.15, -0.1) is 0 Å². The molecule has 3 aromatic heterocycles. The molecule has 0 unspecified atom stereocenters. The van der Waals surface area contributed by atoms with Gasteiger partial charge in [-0.25, -0.2) is 14.4 Å². The summed E-state index contributed by atoms with van der Waals surface area (Å²) in [5.74, 6) is 1.13. The quantitative estimate of drug-likeness (QED) is 0.597. The predicted octanol–water partition coefficient (Wildman–Crippen LogP) is 3.03. The van der Waals surface area contributed by atoms with Crippen LogP contribution in [0.2, 0.25) is 0 Å². The Hall–Kier alpha value is -3.32. The summed E-state index contributed by atoms with van der Waals surface area (Å²) in [6.45, 7) is 3.68. The van der Waals surface area contributed by atoms with Crippen LogP contribution < -0.4 is 10.2 Å². The molecule has 5 rings (SSSR count). The van der Waals surface area contributed by atoms with E-state index in [1.54, 1.807) is 24.5 Å². The zero-order valence-corrected chi connectivity index (χ0v) is 15.2. The highest BCUT2D eigenvalue weighted by molar-refractivity contribution is 5.81. The van der Waals surface area contributed by atoms with Crippen LogP contribution >= 0.6 is 0 Å². The third kappa shape index (κ3) is 2.90. The highest BCUT2D eigenvalue weighted by Gasteiger charge is 2.20. The minimum Gasteiger partial charge on any atom is -0.354 e. The van der Waals surface area contributed by atoms with E-state index in [1.807, 2.05) is 34.9 Å². The van der Waals surface area contributed by atoms with Gasteiger partial charge in [0, 0.05) is 38.6 Å². The topological polar surface area (TPSA) is 58.9 Å². The lowest BCUT2D eigenvalue weighted by molar-refractivity contribution is 0.585. The molecule has 0 radical (unpaired) electrons. The fraction of sp³-hybridized carbons (Fsp3) is 0.190. The number of aromatic nitrogens is 4. The van der Waals surface area contributed by atoms with Crippen LogP contribution in [0.15, 0.2) is 60.9 Å². The Morgan fingerprint density at radius 1 is 0.893 bits per heavy atom. The lowest BCUT2D eigenvalue weighted by Crippen LogP contribution is -2.43. The van der Waals surface area contributed by atoms with Crippen molar-refractivity contribution in [2.24, 2.45) is 0 Å². The summed E-state index contributed by atoms with van der Waals surface area (Å²) in [5.41, 5.74) is 2.73. The van der Waals surface area contributed by atoms with Gasteiger partial charge in [-0.1, -0.05) is 12.1 Å². The number of nitrogens with zero attached hydrogens (tertiary/aromatic N) is 5. The number of hydrogen-bond acceptors (Lipinski definition) is 5. The normalized spacial score (nSPS) is 14.5. The van der Waals surface area contributed by atoms with Crippen LogP contribution in [-0.4, -0.2) is 45.7 Å². The maximum Gasteiger partial charge on any atom is 0.167 e. The second-order valence-corrected chi connectivity index (χ2v) is 6.71. The Balaban J connectivity index is 1.74.